The molecule has 1 fully saturated rings. The van der Waals surface area contributed by atoms with Gasteiger partial charge in [-0.2, -0.15) is 0 Å². The van der Waals surface area contributed by atoms with Crippen LogP contribution in [0.1, 0.15) is 38.1 Å². The topological polar surface area (TPSA) is 55.4 Å². The number of anilines is 1. The number of hydrogen-bond acceptors (Lipinski definition) is 3. The summed E-state index contributed by atoms with van der Waals surface area (Å²) in [6, 6.07) is 4.68. The minimum absolute atomic E-state index is 0.0756. The zero-order chi connectivity index (χ0) is 17.4. The van der Waals surface area contributed by atoms with Gasteiger partial charge in [0.2, 0.25) is 5.91 Å². The standard InChI is InChI=1S/C18H22ClNO3/c1-10(2)8-12-15(18(12,3)4)16(21)20-14-9-11(17(22)23-5)6-7-13(14)19/h6-9,12,15H,1-5H3,(H,20,21). The van der Waals surface area contributed by atoms with Gasteiger partial charge in [-0.3, -0.25) is 4.79 Å². The van der Waals surface area contributed by atoms with Gasteiger partial charge in [-0.1, -0.05) is 37.1 Å². The molecule has 0 bridgehead atoms. The van der Waals surface area contributed by atoms with Crippen molar-refractivity contribution in [2.45, 2.75) is 27.7 Å². The number of allylic oxidation sites excluding steroid dienone is 2. The fraction of sp³-hybridized carbons (Fsp3) is 0.444. The molecule has 0 saturated heterocycles. The molecule has 0 spiro atoms. The van der Waals surface area contributed by atoms with Gasteiger partial charge in [0, 0.05) is 0 Å². The van der Waals surface area contributed by atoms with E-state index < -0.39 is 5.97 Å². The quantitative estimate of drug-likeness (QED) is 0.659. The number of esters is 1. The molecule has 1 aliphatic rings. The third kappa shape index (κ3) is 3.58. The molecule has 4 nitrogen and oxygen atoms in total. The molecule has 1 amide bonds. The summed E-state index contributed by atoms with van der Waals surface area (Å²) in [6.07, 6.45) is 2.14. The molecule has 23 heavy (non-hydrogen) atoms. The van der Waals surface area contributed by atoms with Crippen LogP contribution in [0.4, 0.5) is 5.69 Å². The monoisotopic (exact) mass is 335 g/mol. The summed E-state index contributed by atoms with van der Waals surface area (Å²) in [7, 11) is 1.31. The lowest BCUT2D eigenvalue weighted by Gasteiger charge is -2.09. The van der Waals surface area contributed by atoms with E-state index in [9.17, 15) is 9.59 Å². The predicted octanol–water partition coefficient (Wildman–Crippen LogP) is 4.30. The van der Waals surface area contributed by atoms with E-state index in [0.29, 0.717) is 16.3 Å². The minimum Gasteiger partial charge on any atom is -0.465 e. The molecule has 2 rings (SSSR count). The molecule has 1 aromatic rings. The Balaban J connectivity index is 2.18. The molecule has 1 aliphatic carbocycles. The van der Waals surface area contributed by atoms with Crippen molar-refractivity contribution >= 4 is 29.2 Å². The Morgan fingerprint density at radius 1 is 1.30 bits per heavy atom. The first-order valence-corrected chi connectivity index (χ1v) is 7.90. The Morgan fingerprint density at radius 3 is 2.52 bits per heavy atom. The van der Waals surface area contributed by atoms with E-state index in [2.05, 4.69) is 30.0 Å². The predicted molar refractivity (Wildman–Crippen MR) is 91.6 cm³/mol. The van der Waals surface area contributed by atoms with Crippen molar-refractivity contribution in [3.63, 3.8) is 0 Å². The molecular weight excluding hydrogens is 314 g/mol. The minimum atomic E-state index is -0.466. The molecule has 0 aromatic heterocycles. The molecule has 0 heterocycles. The van der Waals surface area contributed by atoms with Gasteiger partial charge in [-0.25, -0.2) is 4.79 Å². The summed E-state index contributed by atoms with van der Waals surface area (Å²) in [5.74, 6) is -0.432. The normalized spacial score (nSPS) is 21.3. The van der Waals surface area contributed by atoms with E-state index in [4.69, 9.17) is 11.6 Å². The summed E-state index contributed by atoms with van der Waals surface area (Å²) < 4.78 is 4.69. The number of carbonyl (C=O) groups is 2. The Labute approximate surface area is 141 Å². The van der Waals surface area contributed by atoms with Crippen LogP contribution in [0.2, 0.25) is 5.02 Å². The number of nitrogens with one attached hydrogen (secondary N) is 1. The second-order valence-corrected chi connectivity index (χ2v) is 7.15. The van der Waals surface area contributed by atoms with Gasteiger partial charge in [0.15, 0.2) is 0 Å². The van der Waals surface area contributed by atoms with Crippen molar-refractivity contribution < 1.29 is 14.3 Å². The maximum absolute atomic E-state index is 12.6. The highest BCUT2D eigenvalue weighted by Crippen LogP contribution is 2.59. The van der Waals surface area contributed by atoms with Crippen LogP contribution in [0.5, 0.6) is 0 Å². The molecule has 2 atom stereocenters. The van der Waals surface area contributed by atoms with E-state index in [0.717, 1.165) is 0 Å². The Morgan fingerprint density at radius 2 is 1.96 bits per heavy atom. The van der Waals surface area contributed by atoms with Crippen molar-refractivity contribution in [1.29, 1.82) is 0 Å². The maximum atomic E-state index is 12.6. The van der Waals surface area contributed by atoms with Crippen molar-refractivity contribution in [2.75, 3.05) is 12.4 Å². The Kier molecular flexibility index (Phi) is 4.85. The van der Waals surface area contributed by atoms with Crippen molar-refractivity contribution in [3.8, 4) is 0 Å². The van der Waals surface area contributed by atoms with Crippen LogP contribution in [0.15, 0.2) is 29.8 Å². The smallest absolute Gasteiger partial charge is 0.337 e. The van der Waals surface area contributed by atoms with Gasteiger partial charge in [-0.05, 0) is 43.4 Å². The zero-order valence-electron chi connectivity index (χ0n) is 14.1. The fourth-order valence-corrected chi connectivity index (χ4v) is 3.09. The number of halogens is 1. The summed E-state index contributed by atoms with van der Waals surface area (Å²) in [6.45, 7) is 8.21. The average molecular weight is 336 g/mol. The molecule has 2 unspecified atom stereocenters. The molecule has 1 N–H and O–H groups in total. The van der Waals surface area contributed by atoms with Crippen molar-refractivity contribution in [2.24, 2.45) is 17.3 Å². The highest BCUT2D eigenvalue weighted by atomic mass is 35.5. The highest BCUT2D eigenvalue weighted by Gasteiger charge is 2.60. The number of hydrogen-bond donors (Lipinski definition) is 1. The fourth-order valence-electron chi connectivity index (χ4n) is 2.93. The molecule has 0 aliphatic heterocycles. The number of carbonyl (C=O) groups excluding carboxylic acids is 2. The van der Waals surface area contributed by atoms with Crippen LogP contribution >= 0.6 is 11.6 Å². The highest BCUT2D eigenvalue weighted by molar-refractivity contribution is 6.34. The van der Waals surface area contributed by atoms with Gasteiger partial charge >= 0.3 is 5.97 Å². The lowest BCUT2D eigenvalue weighted by molar-refractivity contribution is -0.118. The van der Waals surface area contributed by atoms with E-state index in [1.165, 1.54) is 18.7 Å². The lowest BCUT2D eigenvalue weighted by Crippen LogP contribution is -2.17. The number of benzene rings is 1. The van der Waals surface area contributed by atoms with Gasteiger partial charge in [0.1, 0.15) is 0 Å². The Bertz CT molecular complexity index is 675. The summed E-state index contributed by atoms with van der Waals surface area (Å²) in [4.78, 5) is 24.2. The molecular formula is C18H22ClNO3. The van der Waals surface area contributed by atoms with Crippen LogP contribution < -0.4 is 5.32 Å². The number of ether oxygens (including phenoxy) is 1. The molecule has 1 aromatic carbocycles. The molecule has 124 valence electrons. The van der Waals surface area contributed by atoms with Crippen LogP contribution in [-0.4, -0.2) is 19.0 Å². The Hall–Kier alpha value is -1.81. The first kappa shape index (κ1) is 17.5. The van der Waals surface area contributed by atoms with Crippen LogP contribution in [0.25, 0.3) is 0 Å². The summed E-state index contributed by atoms with van der Waals surface area (Å²) in [5.41, 5.74) is 1.90. The average Bonchev–Trinajstić information content (AvgIpc) is 3.00. The third-order valence-electron chi connectivity index (χ3n) is 4.35. The van der Waals surface area contributed by atoms with E-state index in [-0.39, 0.29) is 23.2 Å². The number of rotatable bonds is 4. The number of amides is 1. The molecule has 5 heteroatoms. The van der Waals surface area contributed by atoms with Crippen molar-refractivity contribution in [1.82, 2.24) is 0 Å². The molecule has 1 saturated carbocycles. The SMILES string of the molecule is COC(=O)c1ccc(Cl)c(NC(=O)C2C(C=C(C)C)C2(C)C)c1. The zero-order valence-corrected chi connectivity index (χ0v) is 14.8. The molecule has 0 radical (unpaired) electrons. The van der Waals surface area contributed by atoms with Gasteiger partial charge in [0.05, 0.1) is 29.3 Å². The third-order valence-corrected chi connectivity index (χ3v) is 4.68. The second kappa shape index (κ2) is 6.36. The van der Waals surface area contributed by atoms with Gasteiger partial charge in [0.25, 0.3) is 0 Å². The summed E-state index contributed by atoms with van der Waals surface area (Å²) in [5, 5.41) is 3.23. The second-order valence-electron chi connectivity index (χ2n) is 6.74. The lowest BCUT2D eigenvalue weighted by atomic mass is 10.1. The van der Waals surface area contributed by atoms with Crippen molar-refractivity contribution in [3.05, 3.63) is 40.4 Å². The van der Waals surface area contributed by atoms with Crippen LogP contribution in [-0.2, 0) is 9.53 Å². The number of methoxy groups -OCH3 is 1. The van der Waals surface area contributed by atoms with E-state index in [1.54, 1.807) is 12.1 Å². The van der Waals surface area contributed by atoms with E-state index in [1.807, 2.05) is 13.8 Å². The first-order valence-electron chi connectivity index (χ1n) is 7.52. The van der Waals surface area contributed by atoms with Gasteiger partial charge < -0.3 is 10.1 Å². The van der Waals surface area contributed by atoms with E-state index >= 15 is 0 Å². The summed E-state index contributed by atoms with van der Waals surface area (Å²) >= 11 is 6.13. The van der Waals surface area contributed by atoms with Crippen LogP contribution in [0.3, 0.4) is 0 Å². The van der Waals surface area contributed by atoms with Gasteiger partial charge in [-0.15, -0.1) is 0 Å². The van der Waals surface area contributed by atoms with Crippen LogP contribution in [0, 0.1) is 17.3 Å². The first-order chi connectivity index (χ1) is 10.7. The largest absolute Gasteiger partial charge is 0.465 e. The maximum Gasteiger partial charge on any atom is 0.337 e.